The van der Waals surface area contributed by atoms with Gasteiger partial charge in [0.25, 0.3) is 0 Å². The summed E-state index contributed by atoms with van der Waals surface area (Å²) in [4.78, 5) is 0. The third kappa shape index (κ3) is 2.31. The number of benzene rings is 1. The standard InChI is InChI=1S/C12H18O/c1-4-12(3,13)10(2)11-8-6-5-7-9-11/h5-10,13H,4H2,1-3H3. The molecule has 1 heteroatoms. The minimum Gasteiger partial charge on any atom is -0.390 e. The SMILES string of the molecule is CCC(C)(O)C(C)c1ccccc1. The Balaban J connectivity index is 2.85. The second kappa shape index (κ2) is 3.93. The molecule has 0 aromatic heterocycles. The summed E-state index contributed by atoms with van der Waals surface area (Å²) in [5.41, 5.74) is 0.607. The van der Waals surface area contributed by atoms with E-state index in [1.807, 2.05) is 32.0 Å². The zero-order valence-electron chi connectivity index (χ0n) is 8.62. The van der Waals surface area contributed by atoms with Gasteiger partial charge in [0.15, 0.2) is 0 Å². The highest BCUT2D eigenvalue weighted by molar-refractivity contribution is 5.21. The summed E-state index contributed by atoms with van der Waals surface area (Å²) >= 11 is 0. The molecule has 0 saturated carbocycles. The second-order valence-corrected chi connectivity index (χ2v) is 3.84. The van der Waals surface area contributed by atoms with Crippen LogP contribution in [0.4, 0.5) is 0 Å². The van der Waals surface area contributed by atoms with Crippen LogP contribution >= 0.6 is 0 Å². The molecule has 0 aliphatic carbocycles. The van der Waals surface area contributed by atoms with E-state index >= 15 is 0 Å². The van der Waals surface area contributed by atoms with Gasteiger partial charge in [-0.05, 0) is 18.9 Å². The van der Waals surface area contributed by atoms with Gasteiger partial charge in [0.05, 0.1) is 5.60 Å². The van der Waals surface area contributed by atoms with Gasteiger partial charge in [-0.25, -0.2) is 0 Å². The molecule has 13 heavy (non-hydrogen) atoms. The van der Waals surface area contributed by atoms with E-state index in [-0.39, 0.29) is 5.92 Å². The molecule has 0 spiro atoms. The molecule has 2 atom stereocenters. The Morgan fingerprint density at radius 3 is 2.31 bits per heavy atom. The largest absolute Gasteiger partial charge is 0.390 e. The number of aliphatic hydroxyl groups is 1. The van der Waals surface area contributed by atoms with Crippen molar-refractivity contribution in [1.82, 2.24) is 0 Å². The first-order valence-electron chi connectivity index (χ1n) is 4.85. The van der Waals surface area contributed by atoms with E-state index < -0.39 is 5.60 Å². The molecule has 72 valence electrons. The molecular formula is C12H18O. The predicted octanol–water partition coefficient (Wildman–Crippen LogP) is 2.95. The van der Waals surface area contributed by atoms with E-state index in [9.17, 15) is 5.11 Å². The van der Waals surface area contributed by atoms with Gasteiger partial charge in [0, 0.05) is 5.92 Å². The van der Waals surface area contributed by atoms with Crippen molar-refractivity contribution in [3.63, 3.8) is 0 Å². The molecule has 0 heterocycles. The van der Waals surface area contributed by atoms with Crippen molar-refractivity contribution in [3.8, 4) is 0 Å². The first kappa shape index (κ1) is 10.3. The van der Waals surface area contributed by atoms with Gasteiger partial charge in [0.2, 0.25) is 0 Å². The van der Waals surface area contributed by atoms with E-state index in [4.69, 9.17) is 0 Å². The summed E-state index contributed by atoms with van der Waals surface area (Å²) in [6, 6.07) is 10.1. The van der Waals surface area contributed by atoms with Crippen molar-refractivity contribution in [2.75, 3.05) is 0 Å². The average molecular weight is 178 g/mol. The summed E-state index contributed by atoms with van der Waals surface area (Å²) in [7, 11) is 0. The third-order valence-electron chi connectivity index (χ3n) is 2.95. The fraction of sp³-hybridized carbons (Fsp3) is 0.500. The first-order valence-corrected chi connectivity index (χ1v) is 4.85. The monoisotopic (exact) mass is 178 g/mol. The summed E-state index contributed by atoms with van der Waals surface area (Å²) in [6.45, 7) is 5.98. The maximum absolute atomic E-state index is 10.0. The Labute approximate surface area is 80.4 Å². The van der Waals surface area contributed by atoms with Crippen molar-refractivity contribution < 1.29 is 5.11 Å². The van der Waals surface area contributed by atoms with E-state index in [1.165, 1.54) is 5.56 Å². The molecule has 0 aliphatic heterocycles. The maximum Gasteiger partial charge on any atom is 0.0682 e. The molecule has 1 aromatic rings. The fourth-order valence-corrected chi connectivity index (χ4v) is 1.41. The van der Waals surface area contributed by atoms with Crippen molar-refractivity contribution in [1.29, 1.82) is 0 Å². The zero-order valence-corrected chi connectivity index (χ0v) is 8.62. The van der Waals surface area contributed by atoms with E-state index in [1.54, 1.807) is 0 Å². The fourth-order valence-electron chi connectivity index (χ4n) is 1.41. The summed E-state index contributed by atoms with van der Waals surface area (Å²) in [6.07, 6.45) is 0.781. The minimum atomic E-state index is -0.596. The topological polar surface area (TPSA) is 20.2 Å². The Morgan fingerprint density at radius 2 is 1.85 bits per heavy atom. The van der Waals surface area contributed by atoms with Gasteiger partial charge in [-0.2, -0.15) is 0 Å². The van der Waals surface area contributed by atoms with Crippen LogP contribution in [-0.2, 0) is 0 Å². The van der Waals surface area contributed by atoms with E-state index in [2.05, 4.69) is 19.1 Å². The highest BCUT2D eigenvalue weighted by Gasteiger charge is 2.26. The lowest BCUT2D eigenvalue weighted by molar-refractivity contribution is 0.0323. The lowest BCUT2D eigenvalue weighted by atomic mass is 9.83. The van der Waals surface area contributed by atoms with Crippen LogP contribution in [0.1, 0.15) is 38.7 Å². The molecule has 0 radical (unpaired) electrons. The van der Waals surface area contributed by atoms with Crippen LogP contribution in [0.15, 0.2) is 30.3 Å². The molecule has 0 fully saturated rings. The summed E-state index contributed by atoms with van der Waals surface area (Å²) in [5.74, 6) is 0.193. The molecule has 0 saturated heterocycles. The van der Waals surface area contributed by atoms with Crippen LogP contribution in [0.3, 0.4) is 0 Å². The van der Waals surface area contributed by atoms with Gasteiger partial charge in [0.1, 0.15) is 0 Å². The number of hydrogen-bond acceptors (Lipinski definition) is 1. The molecule has 1 aromatic carbocycles. The van der Waals surface area contributed by atoms with Gasteiger partial charge >= 0.3 is 0 Å². The molecule has 1 nitrogen and oxygen atoms in total. The Bertz CT molecular complexity index is 251. The van der Waals surface area contributed by atoms with Crippen LogP contribution in [0, 0.1) is 0 Å². The van der Waals surface area contributed by atoms with Crippen molar-refractivity contribution in [2.24, 2.45) is 0 Å². The molecular weight excluding hydrogens is 160 g/mol. The minimum absolute atomic E-state index is 0.193. The number of hydrogen-bond donors (Lipinski definition) is 1. The summed E-state index contributed by atoms with van der Waals surface area (Å²) in [5, 5.41) is 10.0. The Hall–Kier alpha value is -0.820. The average Bonchev–Trinajstić information content (AvgIpc) is 2.18. The van der Waals surface area contributed by atoms with Crippen LogP contribution < -0.4 is 0 Å². The maximum atomic E-state index is 10.0. The highest BCUT2D eigenvalue weighted by Crippen LogP contribution is 2.29. The van der Waals surface area contributed by atoms with E-state index in [0.717, 1.165) is 6.42 Å². The second-order valence-electron chi connectivity index (χ2n) is 3.84. The van der Waals surface area contributed by atoms with Gasteiger partial charge in [-0.1, -0.05) is 44.2 Å². The molecule has 0 aliphatic rings. The van der Waals surface area contributed by atoms with Crippen molar-refractivity contribution >= 4 is 0 Å². The van der Waals surface area contributed by atoms with Gasteiger partial charge in [-0.3, -0.25) is 0 Å². The predicted molar refractivity (Wildman–Crippen MR) is 55.8 cm³/mol. The van der Waals surface area contributed by atoms with Crippen molar-refractivity contribution in [2.45, 2.75) is 38.7 Å². The Morgan fingerprint density at radius 1 is 1.31 bits per heavy atom. The molecule has 0 amide bonds. The molecule has 0 bridgehead atoms. The molecule has 1 N–H and O–H groups in total. The first-order chi connectivity index (χ1) is 6.08. The van der Waals surface area contributed by atoms with Crippen LogP contribution in [-0.4, -0.2) is 10.7 Å². The zero-order chi connectivity index (χ0) is 9.90. The van der Waals surface area contributed by atoms with Gasteiger partial charge < -0.3 is 5.11 Å². The lowest BCUT2D eigenvalue weighted by Gasteiger charge is -2.29. The lowest BCUT2D eigenvalue weighted by Crippen LogP contribution is -2.29. The van der Waals surface area contributed by atoms with Crippen molar-refractivity contribution in [3.05, 3.63) is 35.9 Å². The third-order valence-corrected chi connectivity index (χ3v) is 2.95. The van der Waals surface area contributed by atoms with E-state index in [0.29, 0.717) is 0 Å². The summed E-state index contributed by atoms with van der Waals surface area (Å²) < 4.78 is 0. The highest BCUT2D eigenvalue weighted by atomic mass is 16.3. The quantitative estimate of drug-likeness (QED) is 0.754. The Kier molecular flexibility index (Phi) is 3.10. The molecule has 2 unspecified atom stereocenters. The normalized spacial score (nSPS) is 17.8. The molecule has 1 rings (SSSR count). The number of rotatable bonds is 3. The van der Waals surface area contributed by atoms with Crippen LogP contribution in [0.25, 0.3) is 0 Å². The van der Waals surface area contributed by atoms with Crippen LogP contribution in [0.2, 0.25) is 0 Å². The smallest absolute Gasteiger partial charge is 0.0682 e. The van der Waals surface area contributed by atoms with Gasteiger partial charge in [-0.15, -0.1) is 0 Å². The van der Waals surface area contributed by atoms with Crippen LogP contribution in [0.5, 0.6) is 0 Å².